The molecule has 8 aromatic carbocycles. The van der Waals surface area contributed by atoms with E-state index < -0.39 is 11.8 Å². The van der Waals surface area contributed by atoms with E-state index in [1.54, 1.807) is 36.4 Å². The average Bonchev–Trinajstić information content (AvgIpc) is 3.69. The molecule has 0 radical (unpaired) electrons. The number of nitrogens with one attached hydrogen (secondary N) is 4. The van der Waals surface area contributed by atoms with Crippen LogP contribution in [0.1, 0.15) is 128 Å². The maximum absolute atomic E-state index is 13.9. The topological polar surface area (TPSA) is 220 Å². The predicted molar refractivity (Wildman–Crippen MR) is 343 cm³/mol. The first kappa shape index (κ1) is 63.2. The summed E-state index contributed by atoms with van der Waals surface area (Å²) < 4.78 is 0. The van der Waals surface area contributed by atoms with E-state index in [4.69, 9.17) is 0 Å². The van der Waals surface area contributed by atoms with Gasteiger partial charge < -0.3 is 41.3 Å². The Labute approximate surface area is 516 Å². The molecule has 10 N–H and O–H groups in total. The Morgan fingerprint density at radius 1 is 0.352 bits per heavy atom. The summed E-state index contributed by atoms with van der Waals surface area (Å²) in [5.74, 6) is -1.50. The molecule has 9 rings (SSSR count). The van der Waals surface area contributed by atoms with Crippen LogP contribution in [-0.4, -0.2) is 126 Å². The van der Waals surface area contributed by atoms with Crippen LogP contribution < -0.4 is 20.6 Å². The standard InChI is InChI=1S/C72H80N8O8/c1-49(53-21-9-5-10-22-53)73-69(85)61-33-17-29-57(65(61)81)45-77-37-39-78(46-58-30-18-34-62(66(58)82)70(86)74-50(2)54-23-11-6-12-24-54)41-43-80(48-60-32-20-36-64(68(60)84)72(88)76-52(4)56-27-15-8-16-28-56)44-42-79(40-38-77)47-59-31-19-35-63(67(59)83)71(87)75-51(3)55-25-13-7-14-26-55/h5-36,49-52,81-84H,37-48H2,1-4H3,(H,73,85)(H,74,86)(H,75,87)(H,76,88)/p+2/t49-,50-,51-,52-/m1/s1. The highest BCUT2D eigenvalue weighted by Gasteiger charge is 2.27. The number of carbonyl (C=O) groups is 2. The molecule has 88 heavy (non-hydrogen) atoms. The molecule has 0 unspecified atom stereocenters. The van der Waals surface area contributed by atoms with E-state index in [0.717, 1.165) is 22.3 Å². The third kappa shape index (κ3) is 16.6. The number of benzene rings is 8. The number of phenolic OH excluding ortho intramolecular Hbond substituents is 4. The predicted octanol–water partition coefficient (Wildman–Crippen LogP) is 8.11. The van der Waals surface area contributed by atoms with Gasteiger partial charge in [0.2, 0.25) is 0 Å². The fourth-order valence-electron chi connectivity index (χ4n) is 11.2. The van der Waals surface area contributed by atoms with Gasteiger partial charge in [-0.15, -0.1) is 0 Å². The van der Waals surface area contributed by atoms with Gasteiger partial charge in [-0.3, -0.25) is 29.2 Å². The van der Waals surface area contributed by atoms with Crippen molar-refractivity contribution in [3.8, 4) is 23.0 Å². The van der Waals surface area contributed by atoms with Crippen molar-refractivity contribution in [1.29, 1.82) is 0 Å². The maximum Gasteiger partial charge on any atom is 0.370 e. The first-order chi connectivity index (χ1) is 42.6. The number of aliphatic hydroxyl groups excluding tert-OH is 2. The van der Waals surface area contributed by atoms with Crippen LogP contribution in [0.3, 0.4) is 0 Å². The van der Waals surface area contributed by atoms with Gasteiger partial charge in [-0.25, -0.2) is 9.98 Å². The van der Waals surface area contributed by atoms with Gasteiger partial charge in [0.05, 0.1) is 23.2 Å². The van der Waals surface area contributed by atoms with Gasteiger partial charge >= 0.3 is 11.8 Å². The lowest BCUT2D eigenvalue weighted by atomic mass is 10.0. The second-order valence-corrected chi connectivity index (χ2v) is 22.8. The van der Waals surface area contributed by atoms with Gasteiger partial charge in [-0.05, 0) is 49.2 Å². The average molecular weight is 1190 g/mol. The van der Waals surface area contributed by atoms with Crippen LogP contribution in [0.2, 0.25) is 0 Å². The minimum absolute atomic E-state index is 0.0617. The second kappa shape index (κ2) is 30.3. The third-order valence-corrected chi connectivity index (χ3v) is 16.6. The first-order valence-corrected chi connectivity index (χ1v) is 30.2. The third-order valence-electron chi connectivity index (χ3n) is 16.6. The number of carbonyl (C=O) groups excluding carboxylic acids is 2. The van der Waals surface area contributed by atoms with E-state index in [9.17, 15) is 40.2 Å². The molecule has 4 atom stereocenters. The molecule has 456 valence electrons. The van der Waals surface area contributed by atoms with Crippen molar-refractivity contribution >= 4 is 23.6 Å². The minimum atomic E-state index is -0.407. The van der Waals surface area contributed by atoms with Crippen molar-refractivity contribution in [3.05, 3.63) is 261 Å². The Hall–Kier alpha value is -9.32. The Kier molecular flexibility index (Phi) is 21.8. The highest BCUT2D eigenvalue weighted by molar-refractivity contribution is 5.98. The van der Waals surface area contributed by atoms with Crippen LogP contribution in [0.4, 0.5) is 0 Å². The molecule has 1 saturated heterocycles. The summed E-state index contributed by atoms with van der Waals surface area (Å²) in [4.78, 5) is 43.0. The van der Waals surface area contributed by atoms with Crippen molar-refractivity contribution in [3.63, 3.8) is 0 Å². The van der Waals surface area contributed by atoms with Gasteiger partial charge in [0.1, 0.15) is 34.1 Å². The number of amides is 2. The molecule has 2 amide bonds. The van der Waals surface area contributed by atoms with Crippen LogP contribution in [-0.2, 0) is 26.2 Å². The number of aromatic hydroxyl groups is 4. The molecule has 1 heterocycles. The highest BCUT2D eigenvalue weighted by Crippen LogP contribution is 2.30. The van der Waals surface area contributed by atoms with Crippen molar-refractivity contribution < 1.29 is 50.2 Å². The summed E-state index contributed by atoms with van der Waals surface area (Å²) in [5.41, 5.74) is 6.92. The summed E-state index contributed by atoms with van der Waals surface area (Å²) in [6.45, 7) is 12.6. The van der Waals surface area contributed by atoms with E-state index >= 15 is 0 Å². The lowest BCUT2D eigenvalue weighted by Crippen LogP contribution is -2.74. The van der Waals surface area contributed by atoms with Gasteiger partial charge in [0.25, 0.3) is 11.8 Å². The minimum Gasteiger partial charge on any atom is -0.507 e. The number of hydrogen-bond acceptors (Lipinski definition) is 10. The molecule has 16 heteroatoms. The normalized spacial score (nSPS) is 15.9. The lowest BCUT2D eigenvalue weighted by Gasteiger charge is -2.35. The number of rotatable bonds is 20. The summed E-state index contributed by atoms with van der Waals surface area (Å²) in [6, 6.07) is 58.7. The van der Waals surface area contributed by atoms with E-state index in [1.807, 2.05) is 185 Å². The lowest BCUT2D eigenvalue weighted by molar-refractivity contribution is -0.513. The summed E-state index contributed by atoms with van der Waals surface area (Å²) >= 11 is 0. The van der Waals surface area contributed by atoms with Gasteiger partial charge in [0.15, 0.2) is 12.1 Å². The van der Waals surface area contributed by atoms with Crippen LogP contribution in [0, 0.1) is 0 Å². The van der Waals surface area contributed by atoms with Crippen molar-refractivity contribution in [2.45, 2.75) is 78.0 Å². The molecular weight excluding hydrogens is 1100 g/mol. The zero-order valence-corrected chi connectivity index (χ0v) is 50.6. The Morgan fingerprint density at radius 3 is 0.864 bits per heavy atom. The molecule has 16 nitrogen and oxygen atoms in total. The molecule has 0 saturated carbocycles. The van der Waals surface area contributed by atoms with Crippen LogP contribution in [0.5, 0.6) is 23.0 Å². The summed E-state index contributed by atoms with van der Waals surface area (Å²) in [6.07, 6.45) is 0. The zero-order chi connectivity index (χ0) is 62.1. The van der Waals surface area contributed by atoms with E-state index in [0.29, 0.717) is 74.6 Å². The maximum atomic E-state index is 13.9. The summed E-state index contributed by atoms with van der Waals surface area (Å²) in [7, 11) is 0. The van der Waals surface area contributed by atoms with Crippen LogP contribution >= 0.6 is 0 Å². The monoisotopic (exact) mass is 1190 g/mol. The second-order valence-electron chi connectivity index (χ2n) is 22.8. The fraction of sp³-hybridized carbons (Fsp3) is 0.278. The van der Waals surface area contributed by atoms with Crippen LogP contribution in [0.25, 0.3) is 0 Å². The molecule has 1 aliphatic heterocycles. The molecule has 0 spiro atoms. The molecule has 0 aromatic heterocycles. The quantitative estimate of drug-likeness (QED) is 0.0259. The molecule has 1 aliphatic rings. The van der Waals surface area contributed by atoms with Crippen LogP contribution in [0.15, 0.2) is 194 Å². The number of hydrogen-bond donors (Lipinski definition) is 10. The Balaban J connectivity index is 1.04. The smallest absolute Gasteiger partial charge is 0.370 e. The molecule has 1 fully saturated rings. The molecular formula is C72H82N8O8+2. The first-order valence-electron chi connectivity index (χ1n) is 30.2. The fourth-order valence-corrected chi connectivity index (χ4v) is 11.2. The number of phenols is 4. The SMILES string of the molecule is C[C@@H](NC(=O)c1cccc(CN2CCN(Cc3cccc(C(=O)N[C@H](C)c4ccccc4)c3O)CCN(Cc3cccc(C(O)=[NH+][C@H](C)c4ccccc4)c3O)CCN(Cc3cccc(C(O)=[NH+][C@H](C)c4ccccc4)c3O)CC2)c1O)c1ccccc1. The van der Waals surface area contributed by atoms with E-state index in [-0.39, 0.29) is 107 Å². The number of aliphatic hydroxyl groups is 2. The largest absolute Gasteiger partial charge is 0.507 e. The Morgan fingerprint density at radius 2 is 0.591 bits per heavy atom. The Bertz CT molecular complexity index is 3430. The van der Waals surface area contributed by atoms with Crippen molar-refractivity contribution in [1.82, 2.24) is 30.2 Å². The van der Waals surface area contributed by atoms with Gasteiger partial charge in [-0.2, -0.15) is 0 Å². The van der Waals surface area contributed by atoms with Gasteiger partial charge in [0, 0.05) is 126 Å². The molecule has 0 bridgehead atoms. The number of para-hydroxylation sites is 4. The summed E-state index contributed by atoms with van der Waals surface area (Å²) in [5, 5.41) is 77.0. The van der Waals surface area contributed by atoms with Gasteiger partial charge in [-0.1, -0.05) is 170 Å². The zero-order valence-electron chi connectivity index (χ0n) is 50.6. The molecule has 0 aliphatic carbocycles. The number of nitrogens with zero attached hydrogens (tertiary/aromatic N) is 4. The molecule has 8 aromatic rings. The van der Waals surface area contributed by atoms with Crippen molar-refractivity contribution in [2.75, 3.05) is 52.4 Å². The van der Waals surface area contributed by atoms with Crippen molar-refractivity contribution in [2.24, 2.45) is 0 Å². The van der Waals surface area contributed by atoms with E-state index in [1.165, 1.54) is 0 Å². The van der Waals surface area contributed by atoms with E-state index in [2.05, 4.69) is 40.2 Å². The highest BCUT2D eigenvalue weighted by atomic mass is 16.3.